The smallest absolute Gasteiger partial charge is 0.0794 e. The van der Waals surface area contributed by atoms with Crippen LogP contribution < -0.4 is 10.2 Å². The van der Waals surface area contributed by atoms with E-state index in [1.54, 1.807) is 11.3 Å². The number of benzene rings is 1. The highest BCUT2D eigenvalue weighted by atomic mass is 32.1. The number of aliphatic hydroxyl groups is 1. The van der Waals surface area contributed by atoms with Crippen molar-refractivity contribution < 1.29 is 5.11 Å². The number of aliphatic hydroxyl groups excluding tert-OH is 1. The minimum absolute atomic E-state index is 0.128. The van der Waals surface area contributed by atoms with Gasteiger partial charge in [-0.15, -0.1) is 11.3 Å². The first kappa shape index (κ1) is 17.3. The number of aromatic nitrogens is 2. The van der Waals surface area contributed by atoms with E-state index in [0.717, 1.165) is 44.7 Å². The fourth-order valence-electron chi connectivity index (χ4n) is 3.37. The summed E-state index contributed by atoms with van der Waals surface area (Å²) >= 11 is 1.72. The monoisotopic (exact) mass is 368 g/mol. The molecule has 2 aromatic heterocycles. The largest absolute Gasteiger partial charge is 0.393 e. The Morgan fingerprint density at radius 1 is 1.15 bits per heavy atom. The molecular weight excluding hydrogens is 344 g/mol. The summed E-state index contributed by atoms with van der Waals surface area (Å²) in [6.45, 7) is 3.49. The second kappa shape index (κ2) is 8.03. The van der Waals surface area contributed by atoms with Gasteiger partial charge in [-0.1, -0.05) is 18.2 Å². The quantitative estimate of drug-likeness (QED) is 0.624. The summed E-state index contributed by atoms with van der Waals surface area (Å²) in [5.41, 5.74) is 4.81. The van der Waals surface area contributed by atoms with Crippen molar-refractivity contribution in [1.82, 2.24) is 15.5 Å². The standard InChI is InChI=1S/C20H24N4OS/c25-18-7-9-24(10-8-18)17-5-3-15(4-6-17)12-21-13-16-14-22-23-20(16)19-2-1-11-26-19/h1-6,11,14,18,21,25H,7-10,12-13H2,(H,22,23). The summed E-state index contributed by atoms with van der Waals surface area (Å²) in [6, 6.07) is 12.9. The van der Waals surface area contributed by atoms with Crippen molar-refractivity contribution in [2.75, 3.05) is 18.0 Å². The van der Waals surface area contributed by atoms with E-state index in [-0.39, 0.29) is 6.10 Å². The summed E-state index contributed by atoms with van der Waals surface area (Å²) in [7, 11) is 0. The highest BCUT2D eigenvalue weighted by Gasteiger charge is 2.17. The predicted molar refractivity (Wildman–Crippen MR) is 106 cm³/mol. The molecule has 4 rings (SSSR count). The third-order valence-electron chi connectivity index (χ3n) is 4.90. The molecule has 5 nitrogen and oxygen atoms in total. The van der Waals surface area contributed by atoms with Gasteiger partial charge in [-0.2, -0.15) is 5.10 Å². The molecule has 0 saturated carbocycles. The van der Waals surface area contributed by atoms with E-state index >= 15 is 0 Å². The Morgan fingerprint density at radius 3 is 2.69 bits per heavy atom. The SMILES string of the molecule is OC1CCN(c2ccc(CNCc3cn[nH]c3-c3cccs3)cc2)CC1. The number of H-pyrrole nitrogens is 1. The van der Waals surface area contributed by atoms with Gasteiger partial charge in [0, 0.05) is 37.4 Å². The minimum atomic E-state index is -0.128. The lowest BCUT2D eigenvalue weighted by Gasteiger charge is -2.31. The topological polar surface area (TPSA) is 64.2 Å². The zero-order valence-corrected chi connectivity index (χ0v) is 15.5. The van der Waals surface area contributed by atoms with Crippen LogP contribution in [0.3, 0.4) is 0 Å². The molecule has 0 radical (unpaired) electrons. The molecule has 136 valence electrons. The van der Waals surface area contributed by atoms with Crippen molar-refractivity contribution in [1.29, 1.82) is 0 Å². The van der Waals surface area contributed by atoms with Gasteiger partial charge in [0.15, 0.2) is 0 Å². The van der Waals surface area contributed by atoms with E-state index in [9.17, 15) is 5.11 Å². The Balaban J connectivity index is 1.31. The van der Waals surface area contributed by atoms with Gasteiger partial charge >= 0.3 is 0 Å². The van der Waals surface area contributed by atoms with E-state index in [4.69, 9.17) is 0 Å². The fraction of sp³-hybridized carbons (Fsp3) is 0.350. The molecule has 1 saturated heterocycles. The second-order valence-electron chi connectivity index (χ2n) is 6.74. The van der Waals surface area contributed by atoms with Crippen LogP contribution in [-0.2, 0) is 13.1 Å². The number of piperidine rings is 1. The van der Waals surface area contributed by atoms with E-state index < -0.39 is 0 Å². The highest BCUT2D eigenvalue weighted by Crippen LogP contribution is 2.25. The lowest BCUT2D eigenvalue weighted by Crippen LogP contribution is -2.35. The zero-order valence-electron chi connectivity index (χ0n) is 14.7. The maximum atomic E-state index is 9.63. The average molecular weight is 369 g/mol. The number of rotatable bonds is 6. The molecule has 6 heteroatoms. The second-order valence-corrected chi connectivity index (χ2v) is 7.68. The number of anilines is 1. The van der Waals surface area contributed by atoms with Crippen LogP contribution in [0.2, 0.25) is 0 Å². The molecule has 3 heterocycles. The minimum Gasteiger partial charge on any atom is -0.393 e. The van der Waals surface area contributed by atoms with Crippen LogP contribution in [0.5, 0.6) is 0 Å². The van der Waals surface area contributed by atoms with Crippen LogP contribution in [0.15, 0.2) is 48.0 Å². The van der Waals surface area contributed by atoms with Gasteiger partial charge < -0.3 is 15.3 Å². The van der Waals surface area contributed by atoms with E-state index in [1.807, 2.05) is 6.20 Å². The normalized spacial score (nSPS) is 15.5. The molecule has 0 spiro atoms. The first-order valence-corrected chi connectivity index (χ1v) is 9.96. The summed E-state index contributed by atoms with van der Waals surface area (Å²) < 4.78 is 0. The Morgan fingerprint density at radius 2 is 1.96 bits per heavy atom. The van der Waals surface area contributed by atoms with Crippen LogP contribution in [0.4, 0.5) is 5.69 Å². The molecule has 1 aliphatic rings. The molecule has 0 unspecified atom stereocenters. The van der Waals surface area contributed by atoms with Gasteiger partial charge in [0.2, 0.25) is 0 Å². The molecule has 26 heavy (non-hydrogen) atoms. The highest BCUT2D eigenvalue weighted by molar-refractivity contribution is 7.13. The van der Waals surface area contributed by atoms with Crippen molar-refractivity contribution >= 4 is 17.0 Å². The first-order valence-electron chi connectivity index (χ1n) is 9.08. The number of thiophene rings is 1. The van der Waals surface area contributed by atoms with Crippen molar-refractivity contribution in [2.45, 2.75) is 32.0 Å². The molecular formula is C20H24N4OS. The van der Waals surface area contributed by atoms with Crippen LogP contribution in [0.1, 0.15) is 24.0 Å². The number of aromatic amines is 1. The number of hydrogen-bond acceptors (Lipinski definition) is 5. The number of hydrogen-bond donors (Lipinski definition) is 3. The van der Waals surface area contributed by atoms with Crippen LogP contribution in [-0.4, -0.2) is 34.5 Å². The molecule has 0 aliphatic carbocycles. The van der Waals surface area contributed by atoms with Gasteiger partial charge in [0.05, 0.1) is 22.9 Å². The summed E-state index contributed by atoms with van der Waals surface area (Å²) in [6.07, 6.45) is 3.49. The molecule has 0 amide bonds. The van der Waals surface area contributed by atoms with E-state index in [0.29, 0.717) is 0 Å². The van der Waals surface area contributed by atoms with Crippen molar-refractivity contribution in [3.63, 3.8) is 0 Å². The predicted octanol–water partition coefficient (Wildman–Crippen LogP) is 3.39. The van der Waals surface area contributed by atoms with Crippen molar-refractivity contribution in [3.05, 3.63) is 59.1 Å². The van der Waals surface area contributed by atoms with Gasteiger partial charge in [-0.25, -0.2) is 0 Å². The molecule has 1 aliphatic heterocycles. The number of nitrogens with one attached hydrogen (secondary N) is 2. The summed E-state index contributed by atoms with van der Waals surface area (Å²) in [5, 5.41) is 22.5. The maximum absolute atomic E-state index is 9.63. The first-order chi connectivity index (χ1) is 12.8. The lowest BCUT2D eigenvalue weighted by molar-refractivity contribution is 0.145. The summed E-state index contributed by atoms with van der Waals surface area (Å²) in [4.78, 5) is 3.57. The number of nitrogens with zero attached hydrogens (tertiary/aromatic N) is 2. The molecule has 3 aromatic rings. The van der Waals surface area contributed by atoms with Crippen LogP contribution in [0.25, 0.3) is 10.6 Å². The van der Waals surface area contributed by atoms with E-state index in [1.165, 1.54) is 21.7 Å². The van der Waals surface area contributed by atoms with Crippen LogP contribution >= 0.6 is 11.3 Å². The average Bonchev–Trinajstić information content (AvgIpc) is 3.34. The van der Waals surface area contributed by atoms with Crippen LogP contribution in [0, 0.1) is 0 Å². The van der Waals surface area contributed by atoms with Gasteiger partial charge in [0.1, 0.15) is 0 Å². The van der Waals surface area contributed by atoms with Crippen molar-refractivity contribution in [2.24, 2.45) is 0 Å². The fourth-order valence-corrected chi connectivity index (χ4v) is 4.12. The van der Waals surface area contributed by atoms with Gasteiger partial charge in [-0.3, -0.25) is 5.10 Å². The van der Waals surface area contributed by atoms with E-state index in [2.05, 4.69) is 62.2 Å². The molecule has 1 fully saturated rings. The Hall–Kier alpha value is -2.15. The maximum Gasteiger partial charge on any atom is 0.0794 e. The Bertz CT molecular complexity index is 805. The Labute approximate surface area is 157 Å². The molecule has 1 aromatic carbocycles. The summed E-state index contributed by atoms with van der Waals surface area (Å²) in [5.74, 6) is 0. The zero-order chi connectivity index (χ0) is 17.8. The van der Waals surface area contributed by atoms with Gasteiger partial charge in [0.25, 0.3) is 0 Å². The third kappa shape index (κ3) is 3.98. The molecule has 0 bridgehead atoms. The molecule has 0 atom stereocenters. The Kier molecular flexibility index (Phi) is 5.34. The third-order valence-corrected chi connectivity index (χ3v) is 5.78. The molecule has 3 N–H and O–H groups in total. The lowest BCUT2D eigenvalue weighted by atomic mass is 10.1. The van der Waals surface area contributed by atoms with Crippen molar-refractivity contribution in [3.8, 4) is 10.6 Å². The van der Waals surface area contributed by atoms with Gasteiger partial charge in [-0.05, 0) is 42.0 Å².